The summed E-state index contributed by atoms with van der Waals surface area (Å²) in [6, 6.07) is 6.08. The van der Waals surface area contributed by atoms with E-state index in [1.165, 1.54) is 23.9 Å². The SMILES string of the molecule is CC(c1ccc(F)cc1)N(C)C(=O)CSc1nnc(N2CCOCC2)n1C. The van der Waals surface area contributed by atoms with E-state index >= 15 is 0 Å². The van der Waals surface area contributed by atoms with Gasteiger partial charge in [-0.1, -0.05) is 23.9 Å². The van der Waals surface area contributed by atoms with Crippen LogP contribution in [-0.2, 0) is 16.6 Å². The number of carbonyl (C=O) groups is 1. The number of aromatic nitrogens is 3. The molecule has 1 saturated heterocycles. The molecule has 1 fully saturated rings. The van der Waals surface area contributed by atoms with Crippen molar-refractivity contribution in [3.63, 3.8) is 0 Å². The number of benzene rings is 1. The summed E-state index contributed by atoms with van der Waals surface area (Å²) in [5.74, 6) is 0.750. The van der Waals surface area contributed by atoms with E-state index in [2.05, 4.69) is 15.1 Å². The number of thioether (sulfide) groups is 1. The van der Waals surface area contributed by atoms with Crippen molar-refractivity contribution >= 4 is 23.6 Å². The van der Waals surface area contributed by atoms with Gasteiger partial charge in [0.05, 0.1) is 25.0 Å². The average Bonchev–Trinajstić information content (AvgIpc) is 3.06. The number of morpholine rings is 1. The summed E-state index contributed by atoms with van der Waals surface area (Å²) in [4.78, 5) is 16.4. The Morgan fingerprint density at radius 1 is 1.30 bits per heavy atom. The van der Waals surface area contributed by atoms with E-state index in [0.29, 0.717) is 18.4 Å². The van der Waals surface area contributed by atoms with Crippen molar-refractivity contribution in [2.45, 2.75) is 18.1 Å². The van der Waals surface area contributed by atoms with Crippen molar-refractivity contribution in [1.29, 1.82) is 0 Å². The molecular formula is C18H24FN5O2S. The van der Waals surface area contributed by atoms with Crippen LogP contribution in [0.25, 0.3) is 0 Å². The second kappa shape index (κ2) is 8.71. The number of halogens is 1. The molecule has 2 aromatic rings. The number of rotatable bonds is 6. The maximum atomic E-state index is 13.1. The van der Waals surface area contributed by atoms with Gasteiger partial charge in [0.1, 0.15) is 5.82 Å². The molecule has 1 atom stereocenters. The van der Waals surface area contributed by atoms with Crippen LogP contribution in [0.1, 0.15) is 18.5 Å². The fourth-order valence-electron chi connectivity index (χ4n) is 2.88. The number of carbonyl (C=O) groups excluding carboxylic acids is 1. The fraction of sp³-hybridized carbons (Fsp3) is 0.500. The molecule has 2 heterocycles. The van der Waals surface area contributed by atoms with E-state index in [9.17, 15) is 9.18 Å². The molecule has 1 aliphatic heterocycles. The van der Waals surface area contributed by atoms with E-state index < -0.39 is 0 Å². The summed E-state index contributed by atoms with van der Waals surface area (Å²) in [5, 5.41) is 9.17. The van der Waals surface area contributed by atoms with Crippen LogP contribution in [0.2, 0.25) is 0 Å². The van der Waals surface area contributed by atoms with Crippen LogP contribution in [0.4, 0.5) is 10.3 Å². The van der Waals surface area contributed by atoms with Crippen LogP contribution >= 0.6 is 11.8 Å². The molecule has 9 heteroatoms. The highest BCUT2D eigenvalue weighted by Gasteiger charge is 2.21. The molecule has 0 spiro atoms. The van der Waals surface area contributed by atoms with Gasteiger partial charge in [0, 0.05) is 27.2 Å². The molecule has 7 nitrogen and oxygen atoms in total. The Hall–Kier alpha value is -2.13. The van der Waals surface area contributed by atoms with Crippen LogP contribution in [-0.4, -0.2) is 64.7 Å². The molecule has 1 aliphatic rings. The largest absolute Gasteiger partial charge is 0.378 e. The summed E-state index contributed by atoms with van der Waals surface area (Å²) in [7, 11) is 3.66. The van der Waals surface area contributed by atoms with Gasteiger partial charge in [-0.3, -0.25) is 9.36 Å². The van der Waals surface area contributed by atoms with Crippen molar-refractivity contribution in [2.75, 3.05) is 44.0 Å². The van der Waals surface area contributed by atoms with Crippen LogP contribution in [0.3, 0.4) is 0 Å². The van der Waals surface area contributed by atoms with E-state index in [1.54, 1.807) is 24.1 Å². The van der Waals surface area contributed by atoms with Gasteiger partial charge in [0.15, 0.2) is 5.16 Å². The molecule has 27 heavy (non-hydrogen) atoms. The Bertz CT molecular complexity index is 777. The van der Waals surface area contributed by atoms with Gasteiger partial charge in [-0.25, -0.2) is 4.39 Å². The first-order chi connectivity index (χ1) is 13.0. The summed E-state index contributed by atoms with van der Waals surface area (Å²) >= 11 is 1.36. The van der Waals surface area contributed by atoms with Crippen LogP contribution < -0.4 is 4.90 Å². The van der Waals surface area contributed by atoms with Gasteiger partial charge >= 0.3 is 0 Å². The van der Waals surface area contributed by atoms with Crippen molar-refractivity contribution < 1.29 is 13.9 Å². The van der Waals surface area contributed by atoms with Gasteiger partial charge < -0.3 is 14.5 Å². The monoisotopic (exact) mass is 393 g/mol. The third kappa shape index (κ3) is 4.59. The van der Waals surface area contributed by atoms with Crippen molar-refractivity contribution in [3.05, 3.63) is 35.6 Å². The van der Waals surface area contributed by atoms with Crippen molar-refractivity contribution in [3.8, 4) is 0 Å². The summed E-state index contributed by atoms with van der Waals surface area (Å²) < 4.78 is 20.4. The second-order valence-electron chi connectivity index (χ2n) is 6.46. The topological polar surface area (TPSA) is 63.5 Å². The zero-order valence-electron chi connectivity index (χ0n) is 15.8. The fourth-order valence-corrected chi connectivity index (χ4v) is 3.71. The lowest BCUT2D eigenvalue weighted by Gasteiger charge is -2.27. The number of ether oxygens (including phenoxy) is 1. The molecule has 3 rings (SSSR count). The van der Waals surface area contributed by atoms with E-state index in [4.69, 9.17) is 4.74 Å². The predicted molar refractivity (Wildman–Crippen MR) is 102 cm³/mol. The number of anilines is 1. The first-order valence-electron chi connectivity index (χ1n) is 8.83. The maximum Gasteiger partial charge on any atom is 0.233 e. The molecule has 146 valence electrons. The number of nitrogens with zero attached hydrogens (tertiary/aromatic N) is 5. The molecule has 0 saturated carbocycles. The molecule has 1 amide bonds. The Kier molecular flexibility index (Phi) is 6.33. The summed E-state index contributed by atoms with van der Waals surface area (Å²) in [6.07, 6.45) is 0. The third-order valence-corrected chi connectivity index (χ3v) is 5.76. The van der Waals surface area contributed by atoms with Gasteiger partial charge in [0.2, 0.25) is 11.9 Å². The lowest BCUT2D eigenvalue weighted by molar-refractivity contribution is -0.128. The minimum atomic E-state index is -0.283. The molecule has 1 aromatic carbocycles. The van der Waals surface area contributed by atoms with Crippen molar-refractivity contribution in [1.82, 2.24) is 19.7 Å². The zero-order chi connectivity index (χ0) is 19.4. The lowest BCUT2D eigenvalue weighted by atomic mass is 10.1. The predicted octanol–water partition coefficient (Wildman–Crippen LogP) is 2.10. The smallest absolute Gasteiger partial charge is 0.233 e. The number of hydrogen-bond donors (Lipinski definition) is 0. The standard InChI is InChI=1S/C18H24FN5O2S/c1-13(14-4-6-15(19)7-5-14)22(2)16(25)12-27-18-21-20-17(23(18)3)24-8-10-26-11-9-24/h4-7,13H,8-12H2,1-3H3. The zero-order valence-corrected chi connectivity index (χ0v) is 16.6. The Morgan fingerprint density at radius 3 is 2.63 bits per heavy atom. The van der Waals surface area contributed by atoms with E-state index in [1.807, 2.05) is 18.5 Å². The summed E-state index contributed by atoms with van der Waals surface area (Å²) in [6.45, 7) is 4.86. The molecule has 1 unspecified atom stereocenters. The Balaban J connectivity index is 1.58. The number of hydrogen-bond acceptors (Lipinski definition) is 6. The highest BCUT2D eigenvalue weighted by Crippen LogP contribution is 2.24. The normalized spacial score (nSPS) is 15.6. The molecule has 0 radical (unpaired) electrons. The molecule has 0 N–H and O–H groups in total. The minimum absolute atomic E-state index is 0.0206. The first kappa shape index (κ1) is 19.6. The van der Waals surface area contributed by atoms with Gasteiger partial charge in [0.25, 0.3) is 0 Å². The minimum Gasteiger partial charge on any atom is -0.378 e. The first-order valence-corrected chi connectivity index (χ1v) is 9.82. The highest BCUT2D eigenvalue weighted by atomic mass is 32.2. The third-order valence-electron chi connectivity index (χ3n) is 4.76. The molecular weight excluding hydrogens is 369 g/mol. The van der Waals surface area contributed by atoms with E-state index in [0.717, 1.165) is 24.6 Å². The van der Waals surface area contributed by atoms with E-state index in [-0.39, 0.29) is 23.5 Å². The highest BCUT2D eigenvalue weighted by molar-refractivity contribution is 7.99. The van der Waals surface area contributed by atoms with Gasteiger partial charge in [-0.05, 0) is 24.6 Å². The quantitative estimate of drug-likeness (QED) is 0.701. The number of amides is 1. The second-order valence-corrected chi connectivity index (χ2v) is 7.40. The van der Waals surface area contributed by atoms with Crippen LogP contribution in [0, 0.1) is 5.82 Å². The van der Waals surface area contributed by atoms with Gasteiger partial charge in [-0.2, -0.15) is 0 Å². The molecule has 0 bridgehead atoms. The molecule has 0 aliphatic carbocycles. The maximum absolute atomic E-state index is 13.1. The summed E-state index contributed by atoms with van der Waals surface area (Å²) in [5.41, 5.74) is 0.894. The molecule has 1 aromatic heterocycles. The Morgan fingerprint density at radius 2 is 1.96 bits per heavy atom. The van der Waals surface area contributed by atoms with Crippen molar-refractivity contribution in [2.24, 2.45) is 7.05 Å². The van der Waals surface area contributed by atoms with Gasteiger partial charge in [-0.15, -0.1) is 10.2 Å². The lowest BCUT2D eigenvalue weighted by Crippen LogP contribution is -2.37. The average molecular weight is 393 g/mol. The Labute approximate surface area is 162 Å². The van der Waals surface area contributed by atoms with Crippen LogP contribution in [0.15, 0.2) is 29.4 Å². The van der Waals surface area contributed by atoms with Crippen LogP contribution in [0.5, 0.6) is 0 Å².